The van der Waals surface area contributed by atoms with Crippen LogP contribution >= 0.6 is 0 Å². The third kappa shape index (κ3) is 5.31. The maximum Gasteiger partial charge on any atom is 0.324 e. The number of carbonyl (C=O) groups is 1. The summed E-state index contributed by atoms with van der Waals surface area (Å²) in [5.41, 5.74) is 7.02. The van der Waals surface area contributed by atoms with Crippen LogP contribution in [0, 0.1) is 0 Å². The van der Waals surface area contributed by atoms with Crippen molar-refractivity contribution in [2.45, 2.75) is 30.1 Å². The van der Waals surface area contributed by atoms with Crippen molar-refractivity contribution in [2.24, 2.45) is 0 Å². The van der Waals surface area contributed by atoms with Crippen molar-refractivity contribution in [3.05, 3.63) is 60.2 Å². The van der Waals surface area contributed by atoms with Crippen LogP contribution in [0.5, 0.6) is 0 Å². The number of hydrogen-bond acceptors (Lipinski definition) is 6. The summed E-state index contributed by atoms with van der Waals surface area (Å²) < 4.78 is 36.1. The normalized spacial score (nSPS) is 12.5. The molecule has 1 atom stereocenters. The van der Waals surface area contributed by atoms with E-state index >= 15 is 0 Å². The van der Waals surface area contributed by atoms with Crippen molar-refractivity contribution < 1.29 is 22.7 Å². The second kappa shape index (κ2) is 9.35. The fraction of sp³-hybridized carbons (Fsp3) is 0.316. The Balaban J connectivity index is 2.07. The molecule has 0 aliphatic carbocycles. The van der Waals surface area contributed by atoms with Gasteiger partial charge in [-0.05, 0) is 43.2 Å². The van der Waals surface area contributed by atoms with E-state index in [9.17, 15) is 13.2 Å². The summed E-state index contributed by atoms with van der Waals surface area (Å²) >= 11 is 0. The molecule has 0 spiro atoms. The Hall–Kier alpha value is -2.38. The molecule has 140 valence electrons. The van der Waals surface area contributed by atoms with Gasteiger partial charge in [0.1, 0.15) is 0 Å². The minimum Gasteiger partial charge on any atom is -0.465 e. The Kier molecular flexibility index (Phi) is 7.17. The zero-order valence-corrected chi connectivity index (χ0v) is 15.4. The number of hydrogen-bond donors (Lipinski definition) is 1. The maximum atomic E-state index is 12.8. The predicted octanol–water partition coefficient (Wildman–Crippen LogP) is 2.58. The zero-order chi connectivity index (χ0) is 19.0. The third-order valence-electron chi connectivity index (χ3n) is 3.77. The van der Waals surface area contributed by atoms with Gasteiger partial charge in [0.15, 0.2) is 15.1 Å². The van der Waals surface area contributed by atoms with E-state index in [2.05, 4.69) is 0 Å². The molecule has 0 aromatic heterocycles. The quantitative estimate of drug-likeness (QED) is 0.410. The van der Waals surface area contributed by atoms with E-state index < -0.39 is 21.1 Å². The Bertz CT molecular complexity index is 804. The molecule has 0 fully saturated rings. The summed E-state index contributed by atoms with van der Waals surface area (Å²) in [7, 11) is -3.89. The molecule has 2 aromatic carbocycles. The molecule has 0 saturated carbocycles. The number of esters is 1. The summed E-state index contributed by atoms with van der Waals surface area (Å²) in [6.07, 6.45) is 0.0123. The van der Waals surface area contributed by atoms with Crippen LogP contribution in [0.25, 0.3) is 0 Å². The van der Waals surface area contributed by atoms with Crippen LogP contribution in [-0.2, 0) is 30.7 Å². The molecular formula is C19H23NO5S. The lowest BCUT2D eigenvalue weighted by Gasteiger charge is -2.16. The van der Waals surface area contributed by atoms with Crippen LogP contribution in [0.15, 0.2) is 59.5 Å². The molecule has 2 aromatic rings. The van der Waals surface area contributed by atoms with Crippen LogP contribution in [0.4, 0.5) is 5.69 Å². The Labute approximate surface area is 153 Å². The molecule has 2 rings (SSSR count). The molecular weight excluding hydrogens is 354 g/mol. The second-order valence-corrected chi connectivity index (χ2v) is 7.81. The van der Waals surface area contributed by atoms with E-state index in [1.807, 2.05) is 30.3 Å². The van der Waals surface area contributed by atoms with Gasteiger partial charge in [0, 0.05) is 12.3 Å². The number of nitrogen functional groups attached to an aromatic ring is 1. The smallest absolute Gasteiger partial charge is 0.324 e. The van der Waals surface area contributed by atoms with Crippen LogP contribution in [0.1, 0.15) is 18.9 Å². The van der Waals surface area contributed by atoms with Crippen molar-refractivity contribution in [1.82, 2.24) is 0 Å². The molecule has 0 radical (unpaired) electrons. The summed E-state index contributed by atoms with van der Waals surface area (Å²) in [6, 6.07) is 15.3. The van der Waals surface area contributed by atoms with Crippen molar-refractivity contribution in [3.8, 4) is 0 Å². The molecule has 0 heterocycles. The number of sulfone groups is 1. The van der Waals surface area contributed by atoms with Gasteiger partial charge in [-0.2, -0.15) is 0 Å². The number of rotatable bonds is 9. The predicted molar refractivity (Wildman–Crippen MR) is 99.2 cm³/mol. The van der Waals surface area contributed by atoms with E-state index in [0.29, 0.717) is 12.3 Å². The van der Waals surface area contributed by atoms with Gasteiger partial charge in [0.05, 0.1) is 18.1 Å². The minimum absolute atomic E-state index is 0.0123. The zero-order valence-electron chi connectivity index (χ0n) is 14.6. The van der Waals surface area contributed by atoms with E-state index in [0.717, 1.165) is 5.56 Å². The molecule has 7 heteroatoms. The van der Waals surface area contributed by atoms with Gasteiger partial charge < -0.3 is 15.2 Å². The number of ether oxygens (including phenoxy) is 2. The van der Waals surface area contributed by atoms with E-state index in [-0.39, 0.29) is 24.5 Å². The summed E-state index contributed by atoms with van der Waals surface area (Å²) in [6.45, 7) is 2.21. The van der Waals surface area contributed by atoms with Crippen molar-refractivity contribution in [1.29, 1.82) is 0 Å². The van der Waals surface area contributed by atoms with Gasteiger partial charge in [-0.25, -0.2) is 8.42 Å². The average Bonchev–Trinajstić information content (AvgIpc) is 2.62. The van der Waals surface area contributed by atoms with Gasteiger partial charge >= 0.3 is 5.97 Å². The van der Waals surface area contributed by atoms with Crippen molar-refractivity contribution in [3.63, 3.8) is 0 Å². The Morgan fingerprint density at radius 1 is 1.08 bits per heavy atom. The first-order valence-electron chi connectivity index (χ1n) is 8.33. The largest absolute Gasteiger partial charge is 0.465 e. The van der Waals surface area contributed by atoms with Crippen LogP contribution in [0.2, 0.25) is 0 Å². The lowest BCUT2D eigenvalue weighted by molar-refractivity contribution is -0.143. The monoisotopic (exact) mass is 377 g/mol. The van der Waals surface area contributed by atoms with Gasteiger partial charge in [0.25, 0.3) is 0 Å². The van der Waals surface area contributed by atoms with E-state index in [1.54, 1.807) is 6.92 Å². The first kappa shape index (κ1) is 19.9. The molecule has 0 saturated heterocycles. The summed E-state index contributed by atoms with van der Waals surface area (Å²) in [5.74, 6) is -0.771. The lowest BCUT2D eigenvalue weighted by Crippen LogP contribution is -2.33. The highest BCUT2D eigenvalue weighted by Crippen LogP contribution is 2.21. The van der Waals surface area contributed by atoms with Gasteiger partial charge in [-0.1, -0.05) is 30.3 Å². The molecule has 0 unspecified atom stereocenters. The van der Waals surface area contributed by atoms with Gasteiger partial charge in [-0.15, -0.1) is 0 Å². The number of carbonyl (C=O) groups excluding carboxylic acids is 1. The summed E-state index contributed by atoms with van der Waals surface area (Å²) in [4.78, 5) is 12.2. The van der Waals surface area contributed by atoms with E-state index in [1.165, 1.54) is 24.3 Å². The third-order valence-corrected chi connectivity index (χ3v) is 5.88. The molecule has 0 bridgehead atoms. The van der Waals surface area contributed by atoms with Gasteiger partial charge in [-0.3, -0.25) is 4.79 Å². The molecule has 26 heavy (non-hydrogen) atoms. The number of nitrogens with two attached hydrogens (primary N) is 1. The topological polar surface area (TPSA) is 95.7 Å². The van der Waals surface area contributed by atoms with Crippen LogP contribution in [0.3, 0.4) is 0 Å². The van der Waals surface area contributed by atoms with Crippen molar-refractivity contribution in [2.75, 3.05) is 18.9 Å². The minimum atomic E-state index is -3.89. The molecule has 0 amide bonds. The Morgan fingerprint density at radius 2 is 1.73 bits per heavy atom. The highest BCUT2D eigenvalue weighted by atomic mass is 32.2. The van der Waals surface area contributed by atoms with Gasteiger partial charge in [0.2, 0.25) is 0 Å². The second-order valence-electron chi connectivity index (χ2n) is 5.68. The fourth-order valence-electron chi connectivity index (χ4n) is 2.41. The number of anilines is 1. The highest BCUT2D eigenvalue weighted by molar-refractivity contribution is 7.92. The Morgan fingerprint density at radius 3 is 2.35 bits per heavy atom. The average molecular weight is 377 g/mol. The van der Waals surface area contributed by atoms with Crippen LogP contribution in [-0.4, -0.2) is 32.9 Å². The van der Waals surface area contributed by atoms with Crippen molar-refractivity contribution >= 4 is 21.5 Å². The first-order valence-corrected chi connectivity index (χ1v) is 9.87. The first-order chi connectivity index (χ1) is 12.4. The highest BCUT2D eigenvalue weighted by Gasteiger charge is 2.35. The molecule has 6 nitrogen and oxygen atoms in total. The molecule has 0 aliphatic rings. The maximum absolute atomic E-state index is 12.8. The lowest BCUT2D eigenvalue weighted by atomic mass is 10.2. The van der Waals surface area contributed by atoms with E-state index in [4.69, 9.17) is 15.2 Å². The molecule has 0 aliphatic heterocycles. The van der Waals surface area contributed by atoms with Crippen LogP contribution < -0.4 is 5.73 Å². The number of benzene rings is 2. The molecule has 2 N–H and O–H groups in total. The SMILES string of the molecule is CCOC(=O)[C@H](CCOCc1ccccc1)S(=O)(=O)c1ccc(N)cc1. The fourth-order valence-corrected chi connectivity index (χ4v) is 3.98. The standard InChI is InChI=1S/C19H23NO5S/c1-2-25-19(21)18(12-13-24-14-15-6-4-3-5-7-15)26(22,23)17-10-8-16(20)9-11-17/h3-11,18H,2,12-14,20H2,1H3/t18-/m0/s1. The summed E-state index contributed by atoms with van der Waals surface area (Å²) in [5, 5.41) is -1.32.